The van der Waals surface area contributed by atoms with Crippen molar-refractivity contribution in [1.29, 1.82) is 0 Å². The van der Waals surface area contributed by atoms with Crippen LogP contribution in [-0.2, 0) is 21.2 Å². The fraction of sp³-hybridized carbons (Fsp3) is 0.522. The molecule has 11 heteroatoms. The van der Waals surface area contributed by atoms with Gasteiger partial charge in [-0.3, -0.25) is 4.72 Å². The number of aliphatic hydroxyl groups excluding tert-OH is 1. The number of ether oxygens (including phenoxy) is 1. The van der Waals surface area contributed by atoms with Crippen LogP contribution in [0.1, 0.15) is 49.5 Å². The number of benzene rings is 1. The van der Waals surface area contributed by atoms with Gasteiger partial charge in [-0.05, 0) is 62.1 Å². The van der Waals surface area contributed by atoms with Gasteiger partial charge in [0.15, 0.2) is 0 Å². The molecule has 5 N–H and O–H groups in total. The Kier molecular flexibility index (Phi) is 12.4. The summed E-state index contributed by atoms with van der Waals surface area (Å²) in [6.07, 6.45) is 6.13. The highest BCUT2D eigenvalue weighted by molar-refractivity contribution is 7.92. The maximum Gasteiger partial charge on any atom is 0.230 e. The average molecular weight is 534 g/mol. The number of hydrogen-bond donors (Lipinski definition) is 4. The molecule has 1 atom stereocenters. The van der Waals surface area contributed by atoms with Gasteiger partial charge in [0.25, 0.3) is 0 Å². The number of rotatable bonds is 16. The second kappa shape index (κ2) is 14.7. The first kappa shape index (κ1) is 28.6. The Morgan fingerprint density at radius 1 is 1.09 bits per heavy atom. The number of pyridine rings is 1. The number of halogens is 2. The van der Waals surface area contributed by atoms with Gasteiger partial charge in [-0.25, -0.2) is 13.4 Å². The van der Waals surface area contributed by atoms with Crippen molar-refractivity contribution in [1.82, 2.24) is 10.3 Å². The molecule has 1 unspecified atom stereocenters. The largest absolute Gasteiger partial charge is 0.396 e. The standard InChI is InChI=1S/C23H34Cl2N4O4S/c1-34(31,32)29-22-10-6-8-18(28-22)9-7-13-33-12-5-3-2-4-11-27-16-21(30)17-14-19(24)23(26)20(25)15-17/h6,8,10,14-15,21,27,30H,2-5,7,9,11-13,16,26H2,1H3,(H,28,29). The number of nitrogens with zero attached hydrogens (tertiary/aromatic N) is 1. The van der Waals surface area contributed by atoms with E-state index in [0.717, 1.165) is 57.0 Å². The zero-order valence-corrected chi connectivity index (χ0v) is 21.7. The molecule has 0 saturated heterocycles. The number of sulfonamides is 1. The predicted octanol–water partition coefficient (Wildman–Crippen LogP) is 4.17. The summed E-state index contributed by atoms with van der Waals surface area (Å²) in [5.41, 5.74) is 7.51. The van der Waals surface area contributed by atoms with Crippen molar-refractivity contribution in [2.75, 3.05) is 43.0 Å². The molecule has 1 aromatic carbocycles. The van der Waals surface area contributed by atoms with E-state index in [-0.39, 0.29) is 0 Å². The monoisotopic (exact) mass is 532 g/mol. The van der Waals surface area contributed by atoms with Crippen molar-refractivity contribution in [2.24, 2.45) is 0 Å². The second-order valence-electron chi connectivity index (χ2n) is 8.14. The average Bonchev–Trinajstić information content (AvgIpc) is 2.76. The first-order valence-electron chi connectivity index (χ1n) is 11.3. The minimum Gasteiger partial charge on any atom is -0.396 e. The van der Waals surface area contributed by atoms with Crippen molar-refractivity contribution >= 4 is 44.7 Å². The molecule has 190 valence electrons. The molecule has 0 bridgehead atoms. The number of aliphatic hydroxyl groups is 1. The number of hydrogen-bond acceptors (Lipinski definition) is 7. The third kappa shape index (κ3) is 11.2. The molecule has 2 aromatic rings. The highest BCUT2D eigenvalue weighted by atomic mass is 35.5. The summed E-state index contributed by atoms with van der Waals surface area (Å²) >= 11 is 12.0. The molecule has 0 aliphatic rings. The molecule has 34 heavy (non-hydrogen) atoms. The van der Waals surface area contributed by atoms with Crippen LogP contribution in [0.5, 0.6) is 0 Å². The van der Waals surface area contributed by atoms with Gasteiger partial charge in [-0.2, -0.15) is 0 Å². The van der Waals surface area contributed by atoms with Gasteiger partial charge in [0.1, 0.15) is 5.82 Å². The van der Waals surface area contributed by atoms with Gasteiger partial charge < -0.3 is 20.9 Å². The van der Waals surface area contributed by atoms with E-state index in [1.165, 1.54) is 0 Å². The molecule has 0 amide bonds. The van der Waals surface area contributed by atoms with Crippen molar-refractivity contribution in [2.45, 2.75) is 44.6 Å². The molecule has 1 heterocycles. The van der Waals surface area contributed by atoms with Crippen LogP contribution < -0.4 is 15.8 Å². The fourth-order valence-corrected chi connectivity index (χ4v) is 4.28. The van der Waals surface area contributed by atoms with Crippen LogP contribution in [0.2, 0.25) is 10.0 Å². The SMILES string of the molecule is CS(=O)(=O)Nc1cccc(CCCOCCCCCCNCC(O)c2cc(Cl)c(N)c(Cl)c2)n1. The van der Waals surface area contributed by atoms with Gasteiger partial charge in [-0.15, -0.1) is 0 Å². The summed E-state index contributed by atoms with van der Waals surface area (Å²) in [5, 5.41) is 14.2. The molecule has 1 aromatic heterocycles. The van der Waals surface area contributed by atoms with E-state index in [1.54, 1.807) is 24.3 Å². The molecule has 0 spiro atoms. The number of nitrogens with one attached hydrogen (secondary N) is 2. The van der Waals surface area contributed by atoms with Crippen molar-refractivity contribution in [3.05, 3.63) is 51.6 Å². The normalized spacial score (nSPS) is 12.6. The third-order valence-corrected chi connectivity index (χ3v) is 6.24. The van der Waals surface area contributed by atoms with E-state index >= 15 is 0 Å². The zero-order valence-electron chi connectivity index (χ0n) is 19.4. The zero-order chi connectivity index (χ0) is 25.0. The van der Waals surface area contributed by atoms with Gasteiger partial charge in [0, 0.05) is 25.5 Å². The lowest BCUT2D eigenvalue weighted by Crippen LogP contribution is -2.22. The first-order chi connectivity index (χ1) is 16.2. The lowest BCUT2D eigenvalue weighted by molar-refractivity contribution is 0.127. The minimum atomic E-state index is -3.32. The summed E-state index contributed by atoms with van der Waals surface area (Å²) in [6.45, 7) is 2.59. The quantitative estimate of drug-likeness (QED) is 0.188. The van der Waals surface area contributed by atoms with Crippen LogP contribution in [0.15, 0.2) is 30.3 Å². The van der Waals surface area contributed by atoms with Gasteiger partial charge >= 0.3 is 0 Å². The maximum absolute atomic E-state index is 11.3. The molecule has 0 aliphatic heterocycles. The number of anilines is 2. The van der Waals surface area contributed by atoms with Crippen molar-refractivity contribution in [3.8, 4) is 0 Å². The lowest BCUT2D eigenvalue weighted by Gasteiger charge is -2.14. The number of aromatic nitrogens is 1. The Hall–Kier alpha value is -1.62. The molecule has 2 rings (SSSR count). The number of nitrogens with two attached hydrogens (primary N) is 1. The molecule has 0 fully saturated rings. The molecule has 0 aliphatic carbocycles. The van der Waals surface area contributed by atoms with Crippen LogP contribution in [0.4, 0.5) is 11.5 Å². The molecule has 0 saturated carbocycles. The highest BCUT2D eigenvalue weighted by Crippen LogP contribution is 2.31. The van der Waals surface area contributed by atoms with Crippen molar-refractivity contribution < 1.29 is 18.3 Å². The van der Waals surface area contributed by atoms with Gasteiger partial charge in [-0.1, -0.05) is 42.1 Å². The number of nitrogen functional groups attached to an aromatic ring is 1. The van der Waals surface area contributed by atoms with Gasteiger partial charge in [0.2, 0.25) is 10.0 Å². The Balaban J connectivity index is 1.46. The Morgan fingerprint density at radius 3 is 2.47 bits per heavy atom. The third-order valence-electron chi connectivity index (χ3n) is 5.03. The number of aryl methyl sites for hydroxylation is 1. The van der Waals surface area contributed by atoms with Crippen LogP contribution in [-0.4, -0.2) is 51.1 Å². The lowest BCUT2D eigenvalue weighted by atomic mass is 10.1. The summed E-state index contributed by atoms with van der Waals surface area (Å²) < 4.78 is 30.6. The van der Waals surface area contributed by atoms with Crippen LogP contribution >= 0.6 is 23.2 Å². The summed E-state index contributed by atoms with van der Waals surface area (Å²) in [7, 11) is -3.32. The van der Waals surface area contributed by atoms with E-state index in [2.05, 4.69) is 15.0 Å². The highest BCUT2D eigenvalue weighted by Gasteiger charge is 2.12. The summed E-state index contributed by atoms with van der Waals surface area (Å²) in [5.74, 6) is 0.337. The fourth-order valence-electron chi connectivity index (χ4n) is 3.28. The van der Waals surface area contributed by atoms with E-state index in [9.17, 15) is 13.5 Å². The summed E-state index contributed by atoms with van der Waals surface area (Å²) in [6, 6.07) is 8.57. The van der Waals surface area contributed by atoms with E-state index < -0.39 is 16.1 Å². The Bertz CT molecular complexity index is 985. The molecular formula is C23H34Cl2N4O4S. The molecular weight excluding hydrogens is 499 g/mol. The van der Waals surface area contributed by atoms with E-state index in [4.69, 9.17) is 33.7 Å². The molecule has 0 radical (unpaired) electrons. The van der Waals surface area contributed by atoms with E-state index in [0.29, 0.717) is 46.9 Å². The van der Waals surface area contributed by atoms with Crippen LogP contribution in [0.25, 0.3) is 0 Å². The smallest absolute Gasteiger partial charge is 0.230 e. The first-order valence-corrected chi connectivity index (χ1v) is 13.9. The van der Waals surface area contributed by atoms with Crippen molar-refractivity contribution in [3.63, 3.8) is 0 Å². The van der Waals surface area contributed by atoms with Crippen LogP contribution in [0, 0.1) is 0 Å². The predicted molar refractivity (Wildman–Crippen MR) is 139 cm³/mol. The topological polar surface area (TPSA) is 127 Å². The Labute approximate surface area is 212 Å². The molecule has 8 nitrogen and oxygen atoms in total. The van der Waals surface area contributed by atoms with E-state index in [1.807, 2.05) is 6.07 Å². The Morgan fingerprint density at radius 2 is 1.76 bits per heavy atom. The summed E-state index contributed by atoms with van der Waals surface area (Å²) in [4.78, 5) is 4.30. The maximum atomic E-state index is 11.3. The number of unbranched alkanes of at least 4 members (excludes halogenated alkanes) is 3. The minimum absolute atomic E-state index is 0.322. The van der Waals surface area contributed by atoms with Crippen LogP contribution in [0.3, 0.4) is 0 Å². The second-order valence-corrected chi connectivity index (χ2v) is 10.7. The van der Waals surface area contributed by atoms with Gasteiger partial charge in [0.05, 0.1) is 28.1 Å².